The highest BCUT2D eigenvalue weighted by Gasteiger charge is 2.21. The van der Waals surface area contributed by atoms with Crippen molar-refractivity contribution in [1.82, 2.24) is 19.9 Å². The highest BCUT2D eigenvalue weighted by Crippen LogP contribution is 2.29. The predicted octanol–water partition coefficient (Wildman–Crippen LogP) is 4.13. The highest BCUT2D eigenvalue weighted by atomic mass is 35.5. The van der Waals surface area contributed by atoms with Crippen LogP contribution in [-0.2, 0) is 40.5 Å². The molecular formula is C44H34Cl2N4O12S4. The summed E-state index contributed by atoms with van der Waals surface area (Å²) in [5.74, 6) is 0. The van der Waals surface area contributed by atoms with Crippen LogP contribution >= 0.6 is 24.8 Å². The molecule has 340 valence electrons. The number of aromatic nitrogens is 4. The Bertz CT molecular complexity index is 3410. The Balaban J connectivity index is 0.00000324. The molecule has 1 aliphatic rings. The monoisotopic (exact) mass is 1010 g/mol. The van der Waals surface area contributed by atoms with E-state index in [2.05, 4.69) is 19.9 Å². The molecule has 0 amide bonds. The molecule has 0 spiro atoms. The maximum atomic E-state index is 12.0. The molecule has 9 rings (SSSR count). The van der Waals surface area contributed by atoms with Crippen molar-refractivity contribution in [2.75, 3.05) is 0 Å². The van der Waals surface area contributed by atoms with Gasteiger partial charge in [0.15, 0.2) is 0 Å². The second-order valence-corrected chi connectivity index (χ2v) is 20.3. The molecule has 8 N–H and O–H groups in total. The Morgan fingerprint density at radius 3 is 0.606 bits per heavy atom. The lowest BCUT2D eigenvalue weighted by Gasteiger charge is -2.10. The van der Waals surface area contributed by atoms with Crippen molar-refractivity contribution in [3.8, 4) is 0 Å². The summed E-state index contributed by atoms with van der Waals surface area (Å²) in [6.07, 6.45) is 0. The van der Waals surface area contributed by atoms with Crippen LogP contribution in [0.2, 0.25) is 0 Å². The van der Waals surface area contributed by atoms with E-state index in [0.29, 0.717) is 88.7 Å². The molecule has 0 unspecified atom stereocenters. The standard InChI is InChI=1S/C44H32N4O12S4.2ClH/c49-61(50,51)29-9-1-25(2-10-29)41-33-17-19-35(45-33)42(26-3-11-30(12-4-26)62(52,53)54)37-21-23-39(47-37)44(28-7-15-32(16-8-28)64(58,59)60)40-24-22-38(48-40)43(36-20-18-34(41)46-36)27-5-13-31(14-6-27)63(55,56)57;;/h1-24,45-48H,(H,49,50,51)(H,52,53,54)(H,55,56,57)(H,58,59,60);2*1H. The lowest BCUT2D eigenvalue weighted by atomic mass is 10.0. The predicted molar refractivity (Wildman–Crippen MR) is 248 cm³/mol. The Hall–Kier alpha value is -6.30. The fourth-order valence-corrected chi connectivity index (χ4v) is 9.67. The molecule has 5 heterocycles. The third-order valence-corrected chi connectivity index (χ3v) is 14.1. The summed E-state index contributed by atoms with van der Waals surface area (Å²) in [7, 11) is -18.1. The number of aromatic amines is 4. The lowest BCUT2D eigenvalue weighted by molar-refractivity contribution is 0.481. The fraction of sp³-hybridized carbons (Fsp3) is 0. The average molecular weight is 1010 g/mol. The first-order valence-electron chi connectivity index (χ1n) is 18.8. The molecule has 8 aromatic rings. The van der Waals surface area contributed by atoms with E-state index in [4.69, 9.17) is 0 Å². The first-order valence-corrected chi connectivity index (χ1v) is 24.6. The van der Waals surface area contributed by atoms with Gasteiger partial charge in [0.25, 0.3) is 40.5 Å². The average Bonchev–Trinajstić information content (AvgIpc) is 4.08. The van der Waals surface area contributed by atoms with Crippen molar-refractivity contribution in [3.05, 3.63) is 212 Å². The van der Waals surface area contributed by atoms with Gasteiger partial charge in [0.05, 0.1) is 19.6 Å². The first kappa shape index (κ1) is 47.7. The molecule has 8 bridgehead atoms. The van der Waals surface area contributed by atoms with Crippen LogP contribution in [0.4, 0.5) is 0 Å². The van der Waals surface area contributed by atoms with E-state index in [1.54, 1.807) is 48.5 Å². The second kappa shape index (κ2) is 17.5. The third kappa shape index (κ3) is 9.24. The SMILES string of the molecule is Cl.Cl.O=S(=O)(O)c1ccc(C2=c3ccc([nH]3)=C(c3ccc(S(=O)(=O)O)cc3)c3ccc([nH]3)C(c3ccc(S(=O)(=O)O)cc3)=c3ccc([nH]3)=C(c3ccc(S(=O)(=O)O)cc3)c3ccc2[nH]3)cc1. The minimum absolute atomic E-state index is 0. The molecular weight excluding hydrogens is 976 g/mol. The number of nitrogens with one attached hydrogen (secondary N) is 4. The summed E-state index contributed by atoms with van der Waals surface area (Å²) in [5.41, 5.74) is 6.43. The fourth-order valence-electron chi connectivity index (χ4n) is 7.75. The van der Waals surface area contributed by atoms with Crippen molar-refractivity contribution in [1.29, 1.82) is 0 Å². The van der Waals surface area contributed by atoms with Crippen molar-refractivity contribution in [2.24, 2.45) is 0 Å². The zero-order valence-electron chi connectivity index (χ0n) is 33.4. The van der Waals surface area contributed by atoms with E-state index in [9.17, 15) is 51.9 Å². The van der Waals surface area contributed by atoms with Crippen LogP contribution in [-0.4, -0.2) is 71.8 Å². The number of halogens is 2. The van der Waals surface area contributed by atoms with Crippen LogP contribution in [0.5, 0.6) is 0 Å². The number of fused-ring (bicyclic) bond motifs is 8. The summed E-state index contributed by atoms with van der Waals surface area (Å²) in [5, 5.41) is 2.12. The van der Waals surface area contributed by atoms with Crippen LogP contribution < -0.4 is 21.4 Å². The molecule has 66 heavy (non-hydrogen) atoms. The van der Waals surface area contributed by atoms with E-state index < -0.39 is 40.5 Å². The molecule has 4 aromatic heterocycles. The third-order valence-electron chi connectivity index (χ3n) is 10.7. The van der Waals surface area contributed by atoms with Crippen molar-refractivity contribution >= 4 is 87.6 Å². The molecule has 22 heteroatoms. The minimum atomic E-state index is -4.53. The number of benzene rings is 4. The van der Waals surface area contributed by atoms with Gasteiger partial charge in [0.1, 0.15) is 0 Å². The van der Waals surface area contributed by atoms with Crippen LogP contribution in [0.3, 0.4) is 0 Å². The molecule has 4 aromatic carbocycles. The van der Waals surface area contributed by atoms with Crippen LogP contribution in [0.15, 0.2) is 165 Å². The Labute approximate surface area is 388 Å². The van der Waals surface area contributed by atoms with Crippen molar-refractivity contribution < 1.29 is 51.9 Å². The van der Waals surface area contributed by atoms with Gasteiger partial charge in [-0.2, -0.15) is 33.7 Å². The second-order valence-electron chi connectivity index (χ2n) is 14.6. The molecule has 0 atom stereocenters. The van der Waals surface area contributed by atoms with Gasteiger partial charge >= 0.3 is 0 Å². The van der Waals surface area contributed by atoms with Crippen LogP contribution in [0.1, 0.15) is 45.0 Å². The Morgan fingerprint density at radius 1 is 0.258 bits per heavy atom. The largest absolute Gasteiger partial charge is 0.354 e. The van der Waals surface area contributed by atoms with Gasteiger partial charge in [-0.3, -0.25) is 18.2 Å². The number of rotatable bonds is 8. The molecule has 0 radical (unpaired) electrons. The maximum Gasteiger partial charge on any atom is 0.294 e. The normalized spacial score (nSPS) is 13.3. The first-order chi connectivity index (χ1) is 30.2. The van der Waals surface area contributed by atoms with Crippen LogP contribution in [0.25, 0.3) is 22.3 Å². The van der Waals surface area contributed by atoms with E-state index >= 15 is 0 Å². The van der Waals surface area contributed by atoms with Crippen molar-refractivity contribution in [2.45, 2.75) is 19.6 Å². The van der Waals surface area contributed by atoms with Gasteiger partial charge in [-0.15, -0.1) is 24.8 Å². The summed E-state index contributed by atoms with van der Waals surface area (Å²) in [6.45, 7) is 0. The lowest BCUT2D eigenvalue weighted by Crippen LogP contribution is -2.19. The molecule has 0 fully saturated rings. The van der Waals surface area contributed by atoms with E-state index in [1.807, 2.05) is 0 Å². The highest BCUT2D eigenvalue weighted by molar-refractivity contribution is 7.86. The number of hydrogen-bond donors (Lipinski definition) is 8. The molecule has 0 aliphatic carbocycles. The maximum absolute atomic E-state index is 12.0. The summed E-state index contributed by atoms with van der Waals surface area (Å²) in [4.78, 5) is 12.6. The van der Waals surface area contributed by atoms with E-state index in [1.165, 1.54) is 97.1 Å². The molecule has 1 aliphatic heterocycles. The van der Waals surface area contributed by atoms with Gasteiger partial charge in [-0.25, -0.2) is 0 Å². The number of hydrogen-bond acceptors (Lipinski definition) is 8. The molecule has 0 saturated carbocycles. The van der Waals surface area contributed by atoms with E-state index in [-0.39, 0.29) is 44.4 Å². The quantitative estimate of drug-likeness (QED) is 0.0999. The zero-order valence-corrected chi connectivity index (χ0v) is 38.3. The van der Waals surface area contributed by atoms with Gasteiger partial charge in [-0.1, -0.05) is 48.5 Å². The van der Waals surface area contributed by atoms with Gasteiger partial charge < -0.3 is 19.9 Å². The Morgan fingerprint density at radius 2 is 0.439 bits per heavy atom. The zero-order chi connectivity index (χ0) is 45.3. The van der Waals surface area contributed by atoms with Crippen LogP contribution in [0, 0.1) is 0 Å². The minimum Gasteiger partial charge on any atom is -0.354 e. The summed E-state index contributed by atoms with van der Waals surface area (Å²) in [6, 6.07) is 36.7. The van der Waals surface area contributed by atoms with Gasteiger partial charge in [-0.05, 0) is 119 Å². The van der Waals surface area contributed by atoms with Gasteiger partial charge in [0, 0.05) is 66.5 Å². The smallest absolute Gasteiger partial charge is 0.294 e. The Kier molecular flexibility index (Phi) is 12.6. The topological polar surface area (TPSA) is 281 Å². The van der Waals surface area contributed by atoms with Gasteiger partial charge in [0.2, 0.25) is 0 Å². The number of H-pyrrole nitrogens is 4. The molecule has 16 nitrogen and oxygen atoms in total. The molecule has 0 saturated heterocycles. The summed E-state index contributed by atoms with van der Waals surface area (Å²) < 4.78 is 135. The summed E-state index contributed by atoms with van der Waals surface area (Å²) >= 11 is 0. The van der Waals surface area contributed by atoms with E-state index in [0.717, 1.165) is 0 Å². The van der Waals surface area contributed by atoms with Crippen molar-refractivity contribution in [3.63, 3.8) is 0 Å².